The molecule has 0 aromatic heterocycles. The van der Waals surface area contributed by atoms with Crippen molar-refractivity contribution in [1.82, 2.24) is 10.2 Å². The van der Waals surface area contributed by atoms with Gasteiger partial charge in [0.2, 0.25) is 0 Å². The van der Waals surface area contributed by atoms with Gasteiger partial charge in [0.15, 0.2) is 9.84 Å². The Morgan fingerprint density at radius 3 is 2.73 bits per heavy atom. The quantitative estimate of drug-likeness (QED) is 0.914. The Labute approximate surface area is 131 Å². The van der Waals surface area contributed by atoms with E-state index in [4.69, 9.17) is 0 Å². The summed E-state index contributed by atoms with van der Waals surface area (Å²) in [5.41, 5.74) is 0.249. The van der Waals surface area contributed by atoms with Crippen LogP contribution in [0.3, 0.4) is 0 Å². The van der Waals surface area contributed by atoms with E-state index in [1.807, 2.05) is 0 Å². The van der Waals surface area contributed by atoms with Gasteiger partial charge in [-0.3, -0.25) is 9.69 Å². The maximum Gasteiger partial charge on any atom is 0.252 e. The second-order valence-corrected chi connectivity index (χ2v) is 8.22. The van der Waals surface area contributed by atoms with Crippen molar-refractivity contribution in [3.63, 3.8) is 0 Å². The van der Waals surface area contributed by atoms with Gasteiger partial charge in [0, 0.05) is 24.9 Å². The number of rotatable bonds is 3. The van der Waals surface area contributed by atoms with E-state index in [1.54, 1.807) is 18.2 Å². The average molecular weight is 322 g/mol. The van der Waals surface area contributed by atoms with Crippen molar-refractivity contribution in [3.05, 3.63) is 29.8 Å². The Morgan fingerprint density at radius 2 is 1.95 bits per heavy atom. The third kappa shape index (κ3) is 3.03. The van der Waals surface area contributed by atoms with Gasteiger partial charge in [0.1, 0.15) is 0 Å². The van der Waals surface area contributed by atoms with E-state index >= 15 is 0 Å². The predicted octanol–water partition coefficient (Wildman–Crippen LogP) is 1.45. The maximum absolute atomic E-state index is 12.5. The number of benzene rings is 1. The molecular formula is C16H22N2O3S. The predicted molar refractivity (Wildman–Crippen MR) is 84.6 cm³/mol. The molecule has 0 spiro atoms. The third-order valence-electron chi connectivity index (χ3n) is 4.70. The van der Waals surface area contributed by atoms with Gasteiger partial charge in [-0.25, -0.2) is 8.42 Å². The molecule has 0 saturated carbocycles. The van der Waals surface area contributed by atoms with Crippen molar-refractivity contribution in [2.45, 2.75) is 42.7 Å². The molecule has 1 aromatic rings. The average Bonchev–Trinajstić information content (AvgIpc) is 2.90. The zero-order chi connectivity index (χ0) is 15.7. The fourth-order valence-corrected chi connectivity index (χ4v) is 4.53. The van der Waals surface area contributed by atoms with E-state index < -0.39 is 9.84 Å². The van der Waals surface area contributed by atoms with Crippen LogP contribution in [0.15, 0.2) is 29.2 Å². The molecule has 6 heteroatoms. The van der Waals surface area contributed by atoms with Gasteiger partial charge in [0.05, 0.1) is 10.5 Å². The van der Waals surface area contributed by atoms with Crippen LogP contribution >= 0.6 is 0 Å². The summed E-state index contributed by atoms with van der Waals surface area (Å²) in [6, 6.07) is 6.95. The zero-order valence-electron chi connectivity index (χ0n) is 12.8. The molecule has 2 saturated heterocycles. The highest BCUT2D eigenvalue weighted by atomic mass is 32.2. The van der Waals surface area contributed by atoms with Crippen LogP contribution in [0.5, 0.6) is 0 Å². The monoisotopic (exact) mass is 322 g/mol. The first-order chi connectivity index (χ1) is 10.5. The molecular weight excluding hydrogens is 300 g/mol. The highest BCUT2D eigenvalue weighted by Gasteiger charge is 2.36. The van der Waals surface area contributed by atoms with Gasteiger partial charge in [-0.15, -0.1) is 0 Å². The number of nitrogens with one attached hydrogen (secondary N) is 1. The summed E-state index contributed by atoms with van der Waals surface area (Å²) in [7, 11) is -3.41. The molecule has 1 aromatic carbocycles. The molecule has 1 N–H and O–H groups in total. The van der Waals surface area contributed by atoms with Crippen LogP contribution in [0, 0.1) is 0 Å². The maximum atomic E-state index is 12.5. The minimum Gasteiger partial charge on any atom is -0.348 e. The van der Waals surface area contributed by atoms with Crippen molar-refractivity contribution >= 4 is 15.7 Å². The van der Waals surface area contributed by atoms with Gasteiger partial charge in [0.25, 0.3) is 5.91 Å². The van der Waals surface area contributed by atoms with E-state index in [-0.39, 0.29) is 22.4 Å². The lowest BCUT2D eigenvalue weighted by Crippen LogP contribution is -2.47. The molecule has 120 valence electrons. The number of fused-ring (bicyclic) bond motifs is 1. The molecule has 1 amide bonds. The van der Waals surface area contributed by atoms with Crippen molar-refractivity contribution < 1.29 is 13.2 Å². The number of sulfone groups is 1. The van der Waals surface area contributed by atoms with E-state index in [1.165, 1.54) is 18.9 Å². The highest BCUT2D eigenvalue weighted by molar-refractivity contribution is 7.90. The van der Waals surface area contributed by atoms with Crippen molar-refractivity contribution in [3.8, 4) is 0 Å². The molecule has 2 aliphatic rings. The van der Waals surface area contributed by atoms with Crippen LogP contribution < -0.4 is 5.32 Å². The van der Waals surface area contributed by atoms with Crippen LogP contribution in [0.4, 0.5) is 0 Å². The second kappa shape index (κ2) is 6.01. The molecule has 0 bridgehead atoms. The van der Waals surface area contributed by atoms with E-state index in [0.29, 0.717) is 6.04 Å². The first-order valence-corrected chi connectivity index (χ1v) is 9.70. The van der Waals surface area contributed by atoms with Gasteiger partial charge >= 0.3 is 0 Å². The number of piperidine rings is 1. The topological polar surface area (TPSA) is 66.5 Å². The lowest BCUT2D eigenvalue weighted by Gasteiger charge is -2.32. The fraction of sp³-hybridized carbons (Fsp3) is 0.562. The largest absolute Gasteiger partial charge is 0.348 e. The summed E-state index contributed by atoms with van der Waals surface area (Å²) < 4.78 is 23.7. The van der Waals surface area contributed by atoms with Gasteiger partial charge < -0.3 is 5.32 Å². The fourth-order valence-electron chi connectivity index (χ4n) is 3.64. The second-order valence-electron chi connectivity index (χ2n) is 6.24. The Morgan fingerprint density at radius 1 is 1.18 bits per heavy atom. The minimum absolute atomic E-state index is 0.103. The zero-order valence-corrected chi connectivity index (χ0v) is 13.6. The number of carbonyl (C=O) groups excluding carboxylic acids is 1. The standard InChI is InChI=1S/C16H22N2O3S/c1-22(20,21)15-8-3-2-6-12(15)16(19)17-13-9-11-18-10-5-4-7-14(13)18/h2-3,6,8,13-14H,4-5,7,9-11H2,1H3,(H,17,19). The van der Waals surface area contributed by atoms with Gasteiger partial charge in [-0.2, -0.15) is 0 Å². The molecule has 5 nitrogen and oxygen atoms in total. The SMILES string of the molecule is CS(=O)(=O)c1ccccc1C(=O)NC1CCN2CCCCC12. The molecule has 0 radical (unpaired) electrons. The Bertz CT molecular complexity index is 672. The smallest absolute Gasteiger partial charge is 0.252 e. The minimum atomic E-state index is -3.41. The van der Waals surface area contributed by atoms with Crippen LogP contribution in [0.1, 0.15) is 36.0 Å². The molecule has 2 unspecified atom stereocenters. The molecule has 3 rings (SSSR count). The van der Waals surface area contributed by atoms with Crippen LogP contribution in [0.2, 0.25) is 0 Å². The van der Waals surface area contributed by atoms with Crippen LogP contribution in [-0.4, -0.2) is 50.7 Å². The number of hydrogen-bond acceptors (Lipinski definition) is 4. The van der Waals surface area contributed by atoms with Crippen molar-refractivity contribution in [2.24, 2.45) is 0 Å². The van der Waals surface area contributed by atoms with Crippen molar-refractivity contribution in [1.29, 1.82) is 0 Å². The molecule has 2 atom stereocenters. The lowest BCUT2D eigenvalue weighted by atomic mass is 9.99. The van der Waals surface area contributed by atoms with E-state index in [9.17, 15) is 13.2 Å². The summed E-state index contributed by atoms with van der Waals surface area (Å²) in [4.78, 5) is 15.1. The highest BCUT2D eigenvalue weighted by Crippen LogP contribution is 2.27. The summed E-state index contributed by atoms with van der Waals surface area (Å²) in [6.07, 6.45) is 5.62. The van der Waals surface area contributed by atoms with Gasteiger partial charge in [-0.05, 0) is 37.9 Å². The summed E-state index contributed by atoms with van der Waals surface area (Å²) >= 11 is 0. The normalized spacial score (nSPS) is 25.7. The number of amides is 1. The summed E-state index contributed by atoms with van der Waals surface area (Å²) in [5, 5.41) is 3.06. The Kier molecular flexibility index (Phi) is 4.23. The lowest BCUT2D eigenvalue weighted by molar-refractivity contribution is 0.0912. The third-order valence-corrected chi connectivity index (χ3v) is 5.86. The number of hydrogen-bond donors (Lipinski definition) is 1. The summed E-state index contributed by atoms with van der Waals surface area (Å²) in [5.74, 6) is -0.279. The molecule has 0 aliphatic carbocycles. The van der Waals surface area contributed by atoms with Crippen LogP contribution in [-0.2, 0) is 9.84 Å². The molecule has 2 aliphatic heterocycles. The van der Waals surface area contributed by atoms with Crippen LogP contribution in [0.25, 0.3) is 0 Å². The Balaban J connectivity index is 1.78. The molecule has 22 heavy (non-hydrogen) atoms. The van der Waals surface area contributed by atoms with Crippen molar-refractivity contribution in [2.75, 3.05) is 19.3 Å². The first-order valence-electron chi connectivity index (χ1n) is 7.81. The number of nitrogens with zero attached hydrogens (tertiary/aromatic N) is 1. The summed E-state index contributed by atoms with van der Waals surface area (Å²) in [6.45, 7) is 2.13. The number of carbonyl (C=O) groups is 1. The van der Waals surface area contributed by atoms with E-state index in [0.717, 1.165) is 32.2 Å². The molecule has 2 heterocycles. The van der Waals surface area contributed by atoms with Gasteiger partial charge in [-0.1, -0.05) is 18.6 Å². The van der Waals surface area contributed by atoms with E-state index in [2.05, 4.69) is 10.2 Å². The molecule has 2 fully saturated rings. The Hall–Kier alpha value is -1.40. The first kappa shape index (κ1) is 15.5.